The van der Waals surface area contributed by atoms with Gasteiger partial charge in [0.2, 0.25) is 0 Å². The summed E-state index contributed by atoms with van der Waals surface area (Å²) in [6.07, 6.45) is 0. The van der Waals surface area contributed by atoms with Crippen molar-refractivity contribution in [3.8, 4) is 11.5 Å². The number of hydrogen-bond donors (Lipinski definition) is 1. The first-order valence-corrected chi connectivity index (χ1v) is 6.81. The van der Waals surface area contributed by atoms with E-state index in [9.17, 15) is 0 Å². The molecule has 0 heterocycles. The number of nitrogen functional groups attached to an aromatic ring is 1. The molecule has 0 spiro atoms. The normalized spacial score (nSPS) is 10.3. The second-order valence-corrected chi connectivity index (χ2v) is 5.14. The van der Waals surface area contributed by atoms with Gasteiger partial charge in [-0.1, -0.05) is 17.7 Å². The van der Waals surface area contributed by atoms with Crippen molar-refractivity contribution in [3.63, 3.8) is 0 Å². The minimum atomic E-state index is 0.429. The molecular formula is C16H18ClNO2. The third-order valence-corrected chi connectivity index (χ3v) is 3.01. The largest absolute Gasteiger partial charge is 0.490 e. The highest BCUT2D eigenvalue weighted by Gasteiger charge is 2.02. The summed E-state index contributed by atoms with van der Waals surface area (Å²) >= 11 is 5.83. The third kappa shape index (κ3) is 4.07. The molecule has 106 valence electrons. The standard InChI is InChI=1S/C16H18ClNO2/c1-11-7-12(2)9-14(8-11)19-5-6-20-16-4-3-13(17)10-15(16)18/h3-4,7-10H,5-6,18H2,1-2H3. The van der Waals surface area contributed by atoms with Crippen LogP contribution in [0.5, 0.6) is 11.5 Å². The molecule has 0 saturated heterocycles. The predicted octanol–water partition coefficient (Wildman–Crippen LogP) is 4.00. The van der Waals surface area contributed by atoms with E-state index in [0.29, 0.717) is 29.7 Å². The van der Waals surface area contributed by atoms with Crippen LogP contribution in [0.2, 0.25) is 5.02 Å². The summed E-state index contributed by atoms with van der Waals surface area (Å²) in [6.45, 7) is 4.99. The Bertz CT molecular complexity index is 579. The Hall–Kier alpha value is -1.87. The fourth-order valence-corrected chi connectivity index (χ4v) is 2.16. The molecule has 0 saturated carbocycles. The molecule has 0 fully saturated rings. The maximum absolute atomic E-state index is 5.83. The monoisotopic (exact) mass is 291 g/mol. The number of nitrogens with two attached hydrogens (primary N) is 1. The van der Waals surface area contributed by atoms with Crippen molar-refractivity contribution in [2.75, 3.05) is 18.9 Å². The molecule has 0 bridgehead atoms. The summed E-state index contributed by atoms with van der Waals surface area (Å²) in [5.41, 5.74) is 8.70. The van der Waals surface area contributed by atoms with E-state index in [1.54, 1.807) is 18.2 Å². The van der Waals surface area contributed by atoms with Crippen LogP contribution < -0.4 is 15.2 Å². The number of benzene rings is 2. The maximum Gasteiger partial charge on any atom is 0.142 e. The van der Waals surface area contributed by atoms with E-state index < -0.39 is 0 Å². The highest BCUT2D eigenvalue weighted by molar-refractivity contribution is 6.30. The van der Waals surface area contributed by atoms with E-state index in [4.69, 9.17) is 26.8 Å². The van der Waals surface area contributed by atoms with Crippen LogP contribution in [0.1, 0.15) is 11.1 Å². The van der Waals surface area contributed by atoms with Crippen LogP contribution >= 0.6 is 11.6 Å². The Morgan fingerprint density at radius 3 is 2.25 bits per heavy atom. The van der Waals surface area contributed by atoms with Crippen LogP contribution in [0.15, 0.2) is 36.4 Å². The van der Waals surface area contributed by atoms with E-state index in [2.05, 4.69) is 6.07 Å². The van der Waals surface area contributed by atoms with Crippen molar-refractivity contribution in [3.05, 3.63) is 52.5 Å². The van der Waals surface area contributed by atoms with Crippen molar-refractivity contribution in [1.29, 1.82) is 0 Å². The summed E-state index contributed by atoms with van der Waals surface area (Å²) in [5.74, 6) is 1.48. The van der Waals surface area contributed by atoms with Gasteiger partial charge < -0.3 is 15.2 Å². The Morgan fingerprint density at radius 2 is 1.60 bits per heavy atom. The minimum absolute atomic E-state index is 0.429. The van der Waals surface area contributed by atoms with Gasteiger partial charge in [-0.2, -0.15) is 0 Å². The number of halogens is 1. The molecule has 20 heavy (non-hydrogen) atoms. The lowest BCUT2D eigenvalue weighted by Gasteiger charge is -2.11. The zero-order chi connectivity index (χ0) is 14.5. The first-order chi connectivity index (χ1) is 9.54. The zero-order valence-electron chi connectivity index (χ0n) is 11.7. The van der Waals surface area contributed by atoms with Crippen molar-refractivity contribution >= 4 is 17.3 Å². The van der Waals surface area contributed by atoms with Gasteiger partial charge in [0.05, 0.1) is 5.69 Å². The van der Waals surface area contributed by atoms with Crippen molar-refractivity contribution in [1.82, 2.24) is 0 Å². The van der Waals surface area contributed by atoms with Gasteiger partial charge in [-0.05, 0) is 55.3 Å². The number of rotatable bonds is 5. The quantitative estimate of drug-likeness (QED) is 0.669. The van der Waals surface area contributed by atoms with Gasteiger partial charge in [0.1, 0.15) is 24.7 Å². The molecule has 0 aliphatic carbocycles. The first-order valence-electron chi connectivity index (χ1n) is 6.43. The highest BCUT2D eigenvalue weighted by Crippen LogP contribution is 2.24. The second-order valence-electron chi connectivity index (χ2n) is 4.70. The number of ether oxygens (including phenoxy) is 2. The fourth-order valence-electron chi connectivity index (χ4n) is 1.98. The van der Waals surface area contributed by atoms with E-state index >= 15 is 0 Å². The summed E-state index contributed by atoms with van der Waals surface area (Å²) in [4.78, 5) is 0. The molecule has 2 aromatic carbocycles. The van der Waals surface area contributed by atoms with Crippen LogP contribution in [0, 0.1) is 13.8 Å². The molecular weight excluding hydrogens is 274 g/mol. The SMILES string of the molecule is Cc1cc(C)cc(OCCOc2ccc(Cl)cc2N)c1. The summed E-state index contributed by atoms with van der Waals surface area (Å²) < 4.78 is 11.2. The lowest BCUT2D eigenvalue weighted by molar-refractivity contribution is 0.218. The lowest BCUT2D eigenvalue weighted by Crippen LogP contribution is -2.10. The van der Waals surface area contributed by atoms with Gasteiger partial charge in [-0.3, -0.25) is 0 Å². The van der Waals surface area contributed by atoms with Gasteiger partial charge in [0, 0.05) is 5.02 Å². The third-order valence-electron chi connectivity index (χ3n) is 2.78. The Kier molecular flexibility index (Phi) is 4.74. The van der Waals surface area contributed by atoms with E-state index in [1.165, 1.54) is 11.1 Å². The zero-order valence-corrected chi connectivity index (χ0v) is 12.4. The fraction of sp³-hybridized carbons (Fsp3) is 0.250. The molecule has 2 rings (SSSR count). The molecule has 2 N–H and O–H groups in total. The molecule has 0 unspecified atom stereocenters. The van der Waals surface area contributed by atoms with Crippen molar-refractivity contribution in [2.24, 2.45) is 0 Å². The van der Waals surface area contributed by atoms with Gasteiger partial charge in [-0.15, -0.1) is 0 Å². The first kappa shape index (κ1) is 14.5. The smallest absolute Gasteiger partial charge is 0.142 e. The lowest BCUT2D eigenvalue weighted by atomic mass is 10.1. The molecule has 0 aromatic heterocycles. The van der Waals surface area contributed by atoms with Crippen LogP contribution in [0.25, 0.3) is 0 Å². The Morgan fingerprint density at radius 1 is 0.950 bits per heavy atom. The van der Waals surface area contributed by atoms with Crippen molar-refractivity contribution in [2.45, 2.75) is 13.8 Å². The Labute approximate surface area is 124 Å². The van der Waals surface area contributed by atoms with Crippen LogP contribution in [0.3, 0.4) is 0 Å². The number of hydrogen-bond acceptors (Lipinski definition) is 3. The van der Waals surface area contributed by atoms with Gasteiger partial charge in [-0.25, -0.2) is 0 Å². The maximum atomic E-state index is 5.83. The molecule has 4 heteroatoms. The Balaban J connectivity index is 1.84. The molecule has 0 aliphatic heterocycles. The van der Waals surface area contributed by atoms with Crippen molar-refractivity contribution < 1.29 is 9.47 Å². The summed E-state index contributed by atoms with van der Waals surface area (Å²) in [5, 5.41) is 0.598. The molecule has 0 aliphatic rings. The molecule has 2 aromatic rings. The average Bonchev–Trinajstić information content (AvgIpc) is 2.35. The number of anilines is 1. The van der Waals surface area contributed by atoms with E-state index in [1.807, 2.05) is 26.0 Å². The van der Waals surface area contributed by atoms with Gasteiger partial charge in [0.25, 0.3) is 0 Å². The number of aryl methyl sites for hydroxylation is 2. The van der Waals surface area contributed by atoms with Crippen LogP contribution in [-0.4, -0.2) is 13.2 Å². The van der Waals surface area contributed by atoms with Gasteiger partial charge in [0.15, 0.2) is 0 Å². The average molecular weight is 292 g/mol. The van der Waals surface area contributed by atoms with Crippen LogP contribution in [0.4, 0.5) is 5.69 Å². The van der Waals surface area contributed by atoms with E-state index in [0.717, 1.165) is 5.75 Å². The predicted molar refractivity (Wildman–Crippen MR) is 82.8 cm³/mol. The second kappa shape index (κ2) is 6.53. The minimum Gasteiger partial charge on any atom is -0.490 e. The topological polar surface area (TPSA) is 44.5 Å². The van der Waals surface area contributed by atoms with E-state index in [-0.39, 0.29) is 0 Å². The summed E-state index contributed by atoms with van der Waals surface area (Å²) in [7, 11) is 0. The molecule has 0 amide bonds. The molecule has 3 nitrogen and oxygen atoms in total. The van der Waals surface area contributed by atoms with Crippen LogP contribution in [-0.2, 0) is 0 Å². The summed E-state index contributed by atoms with van der Waals surface area (Å²) in [6, 6.07) is 11.3. The highest BCUT2D eigenvalue weighted by atomic mass is 35.5. The molecule has 0 radical (unpaired) electrons. The van der Waals surface area contributed by atoms with Gasteiger partial charge >= 0.3 is 0 Å². The molecule has 0 atom stereocenters.